The van der Waals surface area contributed by atoms with Crippen LogP contribution < -0.4 is 10.6 Å². The van der Waals surface area contributed by atoms with Crippen molar-refractivity contribution in [1.82, 2.24) is 10.2 Å². The van der Waals surface area contributed by atoms with Crippen molar-refractivity contribution in [3.05, 3.63) is 41.5 Å². The molecular weight excluding hydrogens is 268 g/mol. The summed E-state index contributed by atoms with van der Waals surface area (Å²) in [5, 5.41) is 13.7. The fourth-order valence-corrected chi connectivity index (χ4v) is 1.88. The highest BCUT2D eigenvalue weighted by molar-refractivity contribution is 5.83. The van der Waals surface area contributed by atoms with Crippen molar-refractivity contribution in [3.63, 3.8) is 0 Å². The van der Waals surface area contributed by atoms with Crippen molar-refractivity contribution in [3.8, 4) is 0 Å². The number of para-hydroxylation sites is 1. The first-order valence-electron chi connectivity index (χ1n) is 6.71. The second kappa shape index (κ2) is 6.69. The topological polar surface area (TPSA) is 76.1 Å². The molecule has 6 nitrogen and oxygen atoms in total. The Bertz CT molecular complexity index is 606. The van der Waals surface area contributed by atoms with Gasteiger partial charge in [0.15, 0.2) is 11.6 Å². The Morgan fingerprint density at radius 2 is 1.71 bits per heavy atom. The molecule has 0 unspecified atom stereocenters. The Kier molecular flexibility index (Phi) is 4.71. The van der Waals surface area contributed by atoms with Gasteiger partial charge in [-0.1, -0.05) is 18.2 Å². The highest BCUT2D eigenvalue weighted by Gasteiger charge is 2.06. The van der Waals surface area contributed by atoms with Gasteiger partial charge in [-0.15, -0.1) is 10.2 Å². The van der Waals surface area contributed by atoms with Crippen LogP contribution in [0.2, 0.25) is 0 Å². The summed E-state index contributed by atoms with van der Waals surface area (Å²) < 4.78 is 4.77. The SMILES string of the molecule is CCOC(=O)Nc1ccc(Nc2c(C)cccc2C)nn1. The number of aryl methyl sites for hydroxylation is 2. The van der Waals surface area contributed by atoms with E-state index in [1.807, 2.05) is 32.0 Å². The molecule has 1 amide bonds. The second-order valence-corrected chi connectivity index (χ2v) is 4.54. The molecule has 0 atom stereocenters. The van der Waals surface area contributed by atoms with Gasteiger partial charge in [0, 0.05) is 5.69 Å². The molecular formula is C15H18N4O2. The average molecular weight is 286 g/mol. The summed E-state index contributed by atoms with van der Waals surface area (Å²) in [7, 11) is 0. The largest absolute Gasteiger partial charge is 0.450 e. The number of carbonyl (C=O) groups is 1. The molecule has 21 heavy (non-hydrogen) atoms. The maximum absolute atomic E-state index is 11.3. The fraction of sp³-hybridized carbons (Fsp3) is 0.267. The first-order chi connectivity index (χ1) is 10.1. The lowest BCUT2D eigenvalue weighted by molar-refractivity contribution is 0.168. The second-order valence-electron chi connectivity index (χ2n) is 4.54. The molecule has 1 aromatic heterocycles. The zero-order valence-corrected chi connectivity index (χ0v) is 12.3. The molecule has 2 rings (SSSR count). The number of hydrogen-bond acceptors (Lipinski definition) is 5. The minimum Gasteiger partial charge on any atom is -0.450 e. The molecule has 0 aliphatic heterocycles. The lowest BCUT2D eigenvalue weighted by Crippen LogP contribution is -2.14. The third-order valence-corrected chi connectivity index (χ3v) is 2.90. The molecule has 0 saturated carbocycles. The third kappa shape index (κ3) is 3.92. The van der Waals surface area contributed by atoms with Gasteiger partial charge >= 0.3 is 6.09 Å². The van der Waals surface area contributed by atoms with Gasteiger partial charge in [-0.05, 0) is 44.0 Å². The fourth-order valence-electron chi connectivity index (χ4n) is 1.88. The van der Waals surface area contributed by atoms with Crippen molar-refractivity contribution < 1.29 is 9.53 Å². The smallest absolute Gasteiger partial charge is 0.412 e. The highest BCUT2D eigenvalue weighted by Crippen LogP contribution is 2.23. The molecule has 0 fully saturated rings. The van der Waals surface area contributed by atoms with Crippen molar-refractivity contribution >= 4 is 23.4 Å². The van der Waals surface area contributed by atoms with E-state index in [0.717, 1.165) is 16.8 Å². The van der Waals surface area contributed by atoms with E-state index in [1.54, 1.807) is 19.1 Å². The monoisotopic (exact) mass is 286 g/mol. The van der Waals surface area contributed by atoms with E-state index in [9.17, 15) is 4.79 Å². The molecule has 1 heterocycles. The van der Waals surface area contributed by atoms with Crippen LogP contribution in [0.15, 0.2) is 30.3 Å². The summed E-state index contributed by atoms with van der Waals surface area (Å²) in [6, 6.07) is 9.48. The molecule has 110 valence electrons. The lowest BCUT2D eigenvalue weighted by Gasteiger charge is -2.11. The molecule has 6 heteroatoms. The van der Waals surface area contributed by atoms with E-state index in [0.29, 0.717) is 18.2 Å². The zero-order chi connectivity index (χ0) is 15.2. The normalized spacial score (nSPS) is 10.0. The summed E-state index contributed by atoms with van der Waals surface area (Å²) in [4.78, 5) is 11.3. The van der Waals surface area contributed by atoms with Crippen molar-refractivity contribution in [2.45, 2.75) is 20.8 Å². The van der Waals surface area contributed by atoms with Gasteiger partial charge in [0.1, 0.15) is 0 Å². The number of benzene rings is 1. The quantitative estimate of drug-likeness (QED) is 0.900. The molecule has 2 aromatic rings. The summed E-state index contributed by atoms with van der Waals surface area (Å²) in [6.45, 7) is 6.10. The zero-order valence-electron chi connectivity index (χ0n) is 12.3. The molecule has 2 N–H and O–H groups in total. The van der Waals surface area contributed by atoms with E-state index in [4.69, 9.17) is 4.74 Å². The number of anilines is 3. The number of hydrogen-bond donors (Lipinski definition) is 2. The minimum atomic E-state index is -0.540. The number of nitrogens with one attached hydrogen (secondary N) is 2. The van der Waals surface area contributed by atoms with Crippen LogP contribution in [0.3, 0.4) is 0 Å². The Balaban J connectivity index is 2.07. The van der Waals surface area contributed by atoms with E-state index >= 15 is 0 Å². The predicted octanol–water partition coefficient (Wildman–Crippen LogP) is 3.41. The Hall–Kier alpha value is -2.63. The van der Waals surface area contributed by atoms with Crippen molar-refractivity contribution in [2.24, 2.45) is 0 Å². The van der Waals surface area contributed by atoms with E-state index < -0.39 is 6.09 Å². The first kappa shape index (κ1) is 14.8. The van der Waals surface area contributed by atoms with Crippen LogP contribution in [0.1, 0.15) is 18.1 Å². The maximum Gasteiger partial charge on any atom is 0.412 e. The number of amides is 1. The van der Waals surface area contributed by atoms with Gasteiger partial charge in [-0.2, -0.15) is 0 Å². The van der Waals surface area contributed by atoms with Crippen molar-refractivity contribution in [2.75, 3.05) is 17.2 Å². The number of ether oxygens (including phenoxy) is 1. The number of carbonyl (C=O) groups excluding carboxylic acids is 1. The third-order valence-electron chi connectivity index (χ3n) is 2.90. The number of rotatable bonds is 4. The molecule has 0 aliphatic rings. The van der Waals surface area contributed by atoms with Gasteiger partial charge in [0.2, 0.25) is 0 Å². The number of aromatic nitrogens is 2. The van der Waals surface area contributed by atoms with Gasteiger partial charge in [-0.25, -0.2) is 4.79 Å². The Labute approximate surface area is 123 Å². The van der Waals surface area contributed by atoms with E-state index in [-0.39, 0.29) is 0 Å². The van der Waals surface area contributed by atoms with E-state index in [2.05, 4.69) is 20.8 Å². The summed E-state index contributed by atoms with van der Waals surface area (Å²) in [5.41, 5.74) is 3.27. The van der Waals surface area contributed by atoms with Gasteiger partial charge < -0.3 is 10.1 Å². The summed E-state index contributed by atoms with van der Waals surface area (Å²) in [5.74, 6) is 0.960. The van der Waals surface area contributed by atoms with Crippen LogP contribution >= 0.6 is 0 Å². The van der Waals surface area contributed by atoms with Crippen molar-refractivity contribution in [1.29, 1.82) is 0 Å². The Morgan fingerprint density at radius 1 is 1.10 bits per heavy atom. The van der Waals surface area contributed by atoms with Gasteiger partial charge in [-0.3, -0.25) is 5.32 Å². The summed E-state index contributed by atoms with van der Waals surface area (Å²) >= 11 is 0. The van der Waals surface area contributed by atoms with Gasteiger partial charge in [0.25, 0.3) is 0 Å². The molecule has 0 radical (unpaired) electrons. The molecule has 0 bridgehead atoms. The van der Waals surface area contributed by atoms with Crippen LogP contribution in [0, 0.1) is 13.8 Å². The van der Waals surface area contributed by atoms with Crippen LogP contribution in [0.5, 0.6) is 0 Å². The molecule has 0 saturated heterocycles. The van der Waals surface area contributed by atoms with Crippen LogP contribution in [0.25, 0.3) is 0 Å². The van der Waals surface area contributed by atoms with Crippen LogP contribution in [-0.2, 0) is 4.74 Å². The maximum atomic E-state index is 11.3. The molecule has 1 aromatic carbocycles. The lowest BCUT2D eigenvalue weighted by atomic mass is 10.1. The first-order valence-corrected chi connectivity index (χ1v) is 6.71. The van der Waals surface area contributed by atoms with Gasteiger partial charge in [0.05, 0.1) is 6.61 Å². The number of nitrogens with zero attached hydrogens (tertiary/aromatic N) is 2. The van der Waals surface area contributed by atoms with E-state index in [1.165, 1.54) is 0 Å². The highest BCUT2D eigenvalue weighted by atomic mass is 16.5. The predicted molar refractivity (Wildman–Crippen MR) is 81.9 cm³/mol. The molecule has 0 spiro atoms. The van der Waals surface area contributed by atoms with Crippen LogP contribution in [0.4, 0.5) is 22.1 Å². The Morgan fingerprint density at radius 3 is 2.29 bits per heavy atom. The van der Waals surface area contributed by atoms with Crippen LogP contribution in [-0.4, -0.2) is 22.9 Å². The average Bonchev–Trinajstić information content (AvgIpc) is 2.45. The minimum absolute atomic E-state index is 0.311. The standard InChI is InChI=1S/C15H18N4O2/c1-4-21-15(20)17-13-9-8-12(18-19-13)16-14-10(2)6-5-7-11(14)3/h5-9H,4H2,1-3H3,(H,16,18)(H,17,19,20). The molecule has 0 aliphatic carbocycles. The summed E-state index contributed by atoms with van der Waals surface area (Å²) in [6.07, 6.45) is -0.540.